The molecule has 3 rings (SSSR count). The van der Waals surface area contributed by atoms with E-state index in [4.69, 9.17) is 4.74 Å². The molecule has 1 aliphatic carbocycles. The Labute approximate surface area is 181 Å². The molecule has 1 N–H and O–H groups in total. The fourth-order valence-electron chi connectivity index (χ4n) is 3.70. The van der Waals surface area contributed by atoms with Gasteiger partial charge in [0.1, 0.15) is 5.75 Å². The van der Waals surface area contributed by atoms with Gasteiger partial charge in [-0.05, 0) is 42.5 Å². The second-order valence-corrected chi connectivity index (χ2v) is 8.04. The third kappa shape index (κ3) is 5.48. The second kappa shape index (κ2) is 9.58. The van der Waals surface area contributed by atoms with Gasteiger partial charge in [0.05, 0.1) is 6.61 Å². The molecule has 0 bridgehead atoms. The molecule has 0 atom stereocenters. The van der Waals surface area contributed by atoms with Crippen LogP contribution in [0.5, 0.6) is 5.75 Å². The van der Waals surface area contributed by atoms with Crippen LogP contribution in [0.4, 0.5) is 36.4 Å². The molecule has 0 spiro atoms. The van der Waals surface area contributed by atoms with E-state index in [-0.39, 0.29) is 12.1 Å². The van der Waals surface area contributed by atoms with Gasteiger partial charge in [0, 0.05) is 23.9 Å². The van der Waals surface area contributed by atoms with Crippen LogP contribution in [-0.2, 0) is 12.5 Å². The summed E-state index contributed by atoms with van der Waals surface area (Å²) >= 11 is 0. The first-order chi connectivity index (χ1) is 15.0. The number of nitrogens with one attached hydrogen (secondary N) is 1. The highest BCUT2D eigenvalue weighted by Crippen LogP contribution is 2.51. The minimum Gasteiger partial charge on any atom is -0.493 e. The average Bonchev–Trinajstić information content (AvgIpc) is 2.76. The second-order valence-electron chi connectivity index (χ2n) is 8.04. The number of rotatable bonds is 8. The first-order valence-corrected chi connectivity index (χ1v) is 10.4. The summed E-state index contributed by atoms with van der Waals surface area (Å²) in [6.07, 6.45) is -0.469. The van der Waals surface area contributed by atoms with Crippen LogP contribution in [0.3, 0.4) is 0 Å². The molecule has 0 aliphatic heterocycles. The van der Waals surface area contributed by atoms with Crippen molar-refractivity contribution in [3.63, 3.8) is 0 Å². The summed E-state index contributed by atoms with van der Waals surface area (Å²) in [5, 5.41) is 2.95. The number of anilines is 1. The summed E-state index contributed by atoms with van der Waals surface area (Å²) in [6.45, 7) is 0.557. The number of alkyl halides is 7. The van der Waals surface area contributed by atoms with Crippen LogP contribution >= 0.6 is 0 Å². The van der Waals surface area contributed by atoms with Crippen LogP contribution in [0.2, 0.25) is 0 Å². The van der Waals surface area contributed by atoms with Crippen LogP contribution in [0, 0.1) is 5.92 Å². The maximum Gasteiger partial charge on any atom is 0.460 e. The molecule has 1 fully saturated rings. The Balaban J connectivity index is 1.64. The standard InChI is InChI=1S/C23H24F7NO/c24-21(25,22(26,27)23(28,29)30)18-9-4-8-17(12-18)14-31-19-10-5-11-20(13-19)32-15-16-6-2-1-3-7-16/h4-5,8-13,16,31H,1-3,6-7,14-15H2. The molecule has 1 saturated carbocycles. The summed E-state index contributed by atoms with van der Waals surface area (Å²) in [5.41, 5.74) is -0.665. The Morgan fingerprint density at radius 1 is 0.844 bits per heavy atom. The van der Waals surface area contributed by atoms with Crippen molar-refractivity contribution < 1.29 is 35.5 Å². The highest BCUT2D eigenvalue weighted by Gasteiger charge is 2.73. The van der Waals surface area contributed by atoms with Gasteiger partial charge in [-0.3, -0.25) is 0 Å². The van der Waals surface area contributed by atoms with Gasteiger partial charge < -0.3 is 10.1 Å². The van der Waals surface area contributed by atoms with Gasteiger partial charge >= 0.3 is 18.0 Å². The molecule has 2 aromatic rings. The molecule has 2 nitrogen and oxygen atoms in total. The van der Waals surface area contributed by atoms with E-state index in [9.17, 15) is 30.7 Å². The Bertz CT molecular complexity index is 892. The molecular formula is C23H24F7NO. The maximum absolute atomic E-state index is 14.0. The Kier molecular flexibility index (Phi) is 7.25. The monoisotopic (exact) mass is 463 g/mol. The molecule has 9 heteroatoms. The van der Waals surface area contributed by atoms with Crippen molar-refractivity contribution in [2.75, 3.05) is 11.9 Å². The van der Waals surface area contributed by atoms with Gasteiger partial charge in [-0.15, -0.1) is 0 Å². The van der Waals surface area contributed by atoms with Gasteiger partial charge in [0.25, 0.3) is 0 Å². The zero-order valence-corrected chi connectivity index (χ0v) is 17.2. The van der Waals surface area contributed by atoms with Crippen molar-refractivity contribution >= 4 is 5.69 Å². The third-order valence-corrected chi connectivity index (χ3v) is 5.58. The molecule has 0 saturated heterocycles. The number of halogens is 7. The van der Waals surface area contributed by atoms with Crippen molar-refractivity contribution in [2.24, 2.45) is 5.92 Å². The quantitative estimate of drug-likeness (QED) is 0.408. The molecule has 0 radical (unpaired) electrons. The Morgan fingerprint density at radius 2 is 1.53 bits per heavy atom. The van der Waals surface area contributed by atoms with Crippen LogP contribution in [0.25, 0.3) is 0 Å². The zero-order chi connectivity index (χ0) is 23.4. The van der Waals surface area contributed by atoms with E-state index in [0.29, 0.717) is 36.1 Å². The van der Waals surface area contributed by atoms with Crippen LogP contribution in [0.15, 0.2) is 48.5 Å². The summed E-state index contributed by atoms with van der Waals surface area (Å²) < 4.78 is 97.8. The largest absolute Gasteiger partial charge is 0.493 e. The van der Waals surface area contributed by atoms with Gasteiger partial charge in [-0.25, -0.2) is 0 Å². The normalized spacial score (nSPS) is 16.1. The molecule has 0 amide bonds. The highest BCUT2D eigenvalue weighted by molar-refractivity contribution is 5.48. The summed E-state index contributed by atoms with van der Waals surface area (Å²) in [7, 11) is 0. The predicted molar refractivity (Wildman–Crippen MR) is 107 cm³/mol. The molecule has 2 aromatic carbocycles. The maximum atomic E-state index is 14.0. The van der Waals surface area contributed by atoms with Gasteiger partial charge in [-0.1, -0.05) is 43.5 Å². The number of hydrogen-bond donors (Lipinski definition) is 1. The van der Waals surface area contributed by atoms with Crippen molar-refractivity contribution in [3.05, 3.63) is 59.7 Å². The fourth-order valence-corrected chi connectivity index (χ4v) is 3.70. The zero-order valence-electron chi connectivity index (χ0n) is 17.2. The molecule has 1 aliphatic rings. The van der Waals surface area contributed by atoms with E-state index in [1.54, 1.807) is 24.3 Å². The summed E-state index contributed by atoms with van der Waals surface area (Å²) in [5.74, 6) is -10.4. The lowest BCUT2D eigenvalue weighted by Crippen LogP contribution is -2.50. The molecule has 0 aromatic heterocycles. The van der Waals surface area contributed by atoms with E-state index in [0.717, 1.165) is 18.9 Å². The first-order valence-electron chi connectivity index (χ1n) is 10.4. The molecular weight excluding hydrogens is 439 g/mol. The van der Waals surface area contributed by atoms with Crippen LogP contribution < -0.4 is 10.1 Å². The lowest BCUT2D eigenvalue weighted by Gasteiger charge is -2.28. The number of hydrogen-bond acceptors (Lipinski definition) is 2. The van der Waals surface area contributed by atoms with Crippen molar-refractivity contribution in [1.82, 2.24) is 0 Å². The molecule has 176 valence electrons. The topological polar surface area (TPSA) is 21.3 Å². The third-order valence-electron chi connectivity index (χ3n) is 5.58. The van der Waals surface area contributed by atoms with Gasteiger partial charge in [0.15, 0.2) is 0 Å². The lowest BCUT2D eigenvalue weighted by atomic mass is 9.90. The average molecular weight is 463 g/mol. The van der Waals surface area contributed by atoms with E-state index < -0.39 is 23.6 Å². The predicted octanol–water partition coefficient (Wildman–Crippen LogP) is 7.55. The SMILES string of the molecule is FC(F)(F)C(F)(F)C(F)(F)c1cccc(CNc2cccc(OCC3CCCCC3)c2)c1. The van der Waals surface area contributed by atoms with Crippen LogP contribution in [-0.4, -0.2) is 18.7 Å². The smallest absolute Gasteiger partial charge is 0.460 e. The van der Waals surface area contributed by atoms with E-state index in [2.05, 4.69) is 5.32 Å². The molecule has 32 heavy (non-hydrogen) atoms. The fraction of sp³-hybridized carbons (Fsp3) is 0.478. The van der Waals surface area contributed by atoms with Crippen molar-refractivity contribution in [2.45, 2.75) is 56.7 Å². The molecule has 0 unspecified atom stereocenters. The number of benzene rings is 2. The Morgan fingerprint density at radius 3 is 2.22 bits per heavy atom. The van der Waals surface area contributed by atoms with E-state index in [1.807, 2.05) is 0 Å². The van der Waals surface area contributed by atoms with E-state index in [1.165, 1.54) is 25.3 Å². The number of ether oxygens (including phenoxy) is 1. The highest BCUT2D eigenvalue weighted by atomic mass is 19.4. The minimum absolute atomic E-state index is 0.0480. The Hall–Kier alpha value is -2.45. The van der Waals surface area contributed by atoms with Crippen molar-refractivity contribution in [1.29, 1.82) is 0 Å². The van der Waals surface area contributed by atoms with E-state index >= 15 is 0 Å². The first kappa shape index (κ1) is 24.2. The summed E-state index contributed by atoms with van der Waals surface area (Å²) in [6, 6.07) is 10.6. The van der Waals surface area contributed by atoms with Gasteiger partial charge in [-0.2, -0.15) is 30.7 Å². The van der Waals surface area contributed by atoms with Crippen LogP contribution in [0.1, 0.15) is 43.2 Å². The van der Waals surface area contributed by atoms with Crippen molar-refractivity contribution in [3.8, 4) is 5.75 Å². The van der Waals surface area contributed by atoms with Gasteiger partial charge in [0.2, 0.25) is 0 Å². The lowest BCUT2D eigenvalue weighted by molar-refractivity contribution is -0.359. The molecule has 0 heterocycles. The summed E-state index contributed by atoms with van der Waals surface area (Å²) in [4.78, 5) is 0. The minimum atomic E-state index is -6.37.